The summed E-state index contributed by atoms with van der Waals surface area (Å²) in [6.45, 7) is 9.21. The zero-order valence-corrected chi connectivity index (χ0v) is 13.0. The molecular formula is C13H26N2O3S. The van der Waals surface area contributed by atoms with Crippen LogP contribution < -0.4 is 0 Å². The quantitative estimate of drug-likeness (QED) is 0.775. The van der Waals surface area contributed by atoms with Gasteiger partial charge in [0.05, 0.1) is 18.0 Å². The summed E-state index contributed by atoms with van der Waals surface area (Å²) in [7, 11) is -3.01. The molecule has 0 aromatic carbocycles. The SMILES string of the molecule is CCS(=O)(=O)N1CCC(N2C[C@@H](C)O[C@H](C)C2)CC1. The summed E-state index contributed by atoms with van der Waals surface area (Å²) < 4.78 is 31.1. The van der Waals surface area contributed by atoms with Crippen LogP contribution in [0.15, 0.2) is 0 Å². The zero-order valence-electron chi connectivity index (χ0n) is 12.2. The average molecular weight is 290 g/mol. The van der Waals surface area contributed by atoms with Gasteiger partial charge in [0.15, 0.2) is 0 Å². The largest absolute Gasteiger partial charge is 0.373 e. The predicted molar refractivity (Wildman–Crippen MR) is 75.6 cm³/mol. The van der Waals surface area contributed by atoms with E-state index in [2.05, 4.69) is 18.7 Å². The van der Waals surface area contributed by atoms with E-state index in [1.807, 2.05) is 0 Å². The molecule has 5 nitrogen and oxygen atoms in total. The molecule has 2 atom stereocenters. The van der Waals surface area contributed by atoms with E-state index in [0.717, 1.165) is 25.9 Å². The average Bonchev–Trinajstić information content (AvgIpc) is 2.38. The van der Waals surface area contributed by atoms with Crippen molar-refractivity contribution >= 4 is 10.0 Å². The Hall–Kier alpha value is -0.170. The van der Waals surface area contributed by atoms with Crippen LogP contribution in [0.5, 0.6) is 0 Å². The minimum absolute atomic E-state index is 0.212. The number of morpholine rings is 1. The lowest BCUT2D eigenvalue weighted by molar-refractivity contribution is -0.0847. The monoisotopic (exact) mass is 290 g/mol. The summed E-state index contributed by atoms with van der Waals surface area (Å²) in [5, 5.41) is 0. The van der Waals surface area contributed by atoms with Crippen LogP contribution in [0.2, 0.25) is 0 Å². The first kappa shape index (κ1) is 15.2. The van der Waals surface area contributed by atoms with Crippen molar-refractivity contribution in [1.29, 1.82) is 0 Å². The summed E-state index contributed by atoms with van der Waals surface area (Å²) in [4.78, 5) is 2.48. The molecule has 112 valence electrons. The Labute approximate surface area is 117 Å². The maximum Gasteiger partial charge on any atom is 0.213 e. The lowest BCUT2D eigenvalue weighted by Crippen LogP contribution is -2.53. The number of ether oxygens (including phenoxy) is 1. The molecule has 2 aliphatic rings. The van der Waals surface area contributed by atoms with Crippen LogP contribution in [0, 0.1) is 0 Å². The maximum atomic E-state index is 11.8. The van der Waals surface area contributed by atoms with E-state index in [1.165, 1.54) is 0 Å². The van der Waals surface area contributed by atoms with Crippen LogP contribution in [0.3, 0.4) is 0 Å². The van der Waals surface area contributed by atoms with Crippen molar-refractivity contribution < 1.29 is 13.2 Å². The van der Waals surface area contributed by atoms with Gasteiger partial charge in [-0.25, -0.2) is 12.7 Å². The van der Waals surface area contributed by atoms with E-state index in [0.29, 0.717) is 19.1 Å². The molecule has 2 fully saturated rings. The Morgan fingerprint density at radius 2 is 1.63 bits per heavy atom. The Morgan fingerprint density at radius 1 is 1.11 bits per heavy atom. The Bertz CT molecular complexity index is 381. The Balaban J connectivity index is 1.89. The first-order valence-corrected chi connectivity index (χ1v) is 8.90. The first-order chi connectivity index (χ1) is 8.92. The highest BCUT2D eigenvalue weighted by atomic mass is 32.2. The molecular weight excluding hydrogens is 264 g/mol. The maximum absolute atomic E-state index is 11.8. The van der Waals surface area contributed by atoms with Crippen LogP contribution in [0.4, 0.5) is 0 Å². The van der Waals surface area contributed by atoms with Crippen molar-refractivity contribution in [2.45, 2.75) is 51.9 Å². The van der Waals surface area contributed by atoms with Crippen LogP contribution in [0.25, 0.3) is 0 Å². The van der Waals surface area contributed by atoms with E-state index in [1.54, 1.807) is 11.2 Å². The molecule has 0 unspecified atom stereocenters. The van der Waals surface area contributed by atoms with E-state index >= 15 is 0 Å². The second-order valence-corrected chi connectivity index (χ2v) is 8.00. The summed E-state index contributed by atoms with van der Waals surface area (Å²) in [6, 6.07) is 0.511. The molecule has 0 aromatic heterocycles. The normalized spacial score (nSPS) is 32.6. The van der Waals surface area contributed by atoms with E-state index in [4.69, 9.17) is 4.74 Å². The van der Waals surface area contributed by atoms with Crippen LogP contribution in [-0.4, -0.2) is 67.8 Å². The van der Waals surface area contributed by atoms with Gasteiger partial charge in [0.1, 0.15) is 0 Å². The lowest BCUT2D eigenvalue weighted by Gasteiger charge is -2.43. The van der Waals surface area contributed by atoms with Gasteiger partial charge >= 0.3 is 0 Å². The molecule has 2 heterocycles. The number of hydrogen-bond donors (Lipinski definition) is 0. The summed E-state index contributed by atoms with van der Waals surface area (Å²) in [6.07, 6.45) is 2.44. The topological polar surface area (TPSA) is 49.9 Å². The fourth-order valence-electron chi connectivity index (χ4n) is 3.18. The second-order valence-electron chi connectivity index (χ2n) is 5.74. The molecule has 19 heavy (non-hydrogen) atoms. The smallest absolute Gasteiger partial charge is 0.213 e. The molecule has 0 amide bonds. The summed E-state index contributed by atoms with van der Waals surface area (Å²) in [5.74, 6) is 0.212. The van der Waals surface area contributed by atoms with Gasteiger partial charge in [-0.1, -0.05) is 0 Å². The van der Waals surface area contributed by atoms with Gasteiger partial charge < -0.3 is 4.74 Å². The molecule has 0 bridgehead atoms. The highest BCUT2D eigenvalue weighted by Crippen LogP contribution is 2.22. The van der Waals surface area contributed by atoms with E-state index in [-0.39, 0.29) is 18.0 Å². The molecule has 0 aliphatic carbocycles. The summed E-state index contributed by atoms with van der Waals surface area (Å²) in [5.41, 5.74) is 0. The number of hydrogen-bond acceptors (Lipinski definition) is 4. The van der Waals surface area contributed by atoms with E-state index in [9.17, 15) is 8.42 Å². The van der Waals surface area contributed by atoms with Gasteiger partial charge in [0.25, 0.3) is 0 Å². The number of piperidine rings is 1. The second kappa shape index (κ2) is 6.08. The molecule has 0 saturated carbocycles. The third-order valence-corrected chi connectivity index (χ3v) is 6.03. The third-order valence-electron chi connectivity index (χ3n) is 4.15. The highest BCUT2D eigenvalue weighted by molar-refractivity contribution is 7.89. The standard InChI is InChI=1S/C13H26N2O3S/c1-4-19(16,17)15-7-5-13(6-8-15)14-9-11(2)18-12(3)10-14/h11-13H,4-10H2,1-3H3/t11-,12-/m1/s1. The number of sulfonamides is 1. The molecule has 0 radical (unpaired) electrons. The van der Waals surface area contributed by atoms with Crippen molar-refractivity contribution in [3.05, 3.63) is 0 Å². The lowest BCUT2D eigenvalue weighted by atomic mass is 10.0. The molecule has 2 saturated heterocycles. The molecule has 0 aromatic rings. The fourth-order valence-corrected chi connectivity index (χ4v) is 4.32. The van der Waals surface area contributed by atoms with Crippen molar-refractivity contribution in [2.75, 3.05) is 31.9 Å². The van der Waals surface area contributed by atoms with Crippen molar-refractivity contribution in [3.63, 3.8) is 0 Å². The molecule has 2 rings (SSSR count). The van der Waals surface area contributed by atoms with Crippen LogP contribution in [-0.2, 0) is 14.8 Å². The molecule has 0 spiro atoms. The van der Waals surface area contributed by atoms with Gasteiger partial charge in [0, 0.05) is 32.2 Å². The highest BCUT2D eigenvalue weighted by Gasteiger charge is 2.32. The van der Waals surface area contributed by atoms with Gasteiger partial charge in [0.2, 0.25) is 10.0 Å². The Kier molecular flexibility index (Phi) is 4.87. The number of rotatable bonds is 3. The predicted octanol–water partition coefficient (Wildman–Crippen LogP) is 0.910. The third kappa shape index (κ3) is 3.68. The summed E-state index contributed by atoms with van der Waals surface area (Å²) >= 11 is 0. The first-order valence-electron chi connectivity index (χ1n) is 7.29. The van der Waals surface area contributed by atoms with Gasteiger partial charge in [-0.15, -0.1) is 0 Å². The minimum atomic E-state index is -3.01. The molecule has 6 heteroatoms. The zero-order chi connectivity index (χ0) is 14.0. The van der Waals surface area contributed by atoms with Crippen LogP contribution >= 0.6 is 0 Å². The van der Waals surface area contributed by atoms with Crippen molar-refractivity contribution in [2.24, 2.45) is 0 Å². The van der Waals surface area contributed by atoms with Gasteiger partial charge in [-0.2, -0.15) is 0 Å². The van der Waals surface area contributed by atoms with Gasteiger partial charge in [-0.05, 0) is 33.6 Å². The molecule has 0 N–H and O–H groups in total. The van der Waals surface area contributed by atoms with Crippen LogP contribution in [0.1, 0.15) is 33.6 Å². The van der Waals surface area contributed by atoms with Crippen molar-refractivity contribution in [3.8, 4) is 0 Å². The van der Waals surface area contributed by atoms with Gasteiger partial charge in [-0.3, -0.25) is 4.90 Å². The molecule has 2 aliphatic heterocycles. The fraction of sp³-hybridized carbons (Fsp3) is 1.00. The van der Waals surface area contributed by atoms with E-state index < -0.39 is 10.0 Å². The minimum Gasteiger partial charge on any atom is -0.373 e. The Morgan fingerprint density at radius 3 is 2.11 bits per heavy atom. The van der Waals surface area contributed by atoms with Crippen molar-refractivity contribution in [1.82, 2.24) is 9.21 Å². The number of nitrogens with zero attached hydrogens (tertiary/aromatic N) is 2.